The second kappa shape index (κ2) is 20.8. The summed E-state index contributed by atoms with van der Waals surface area (Å²) < 4.78 is 8.24. The lowest BCUT2D eigenvalue weighted by atomic mass is 10.0. The molecule has 228 valence electrons. The summed E-state index contributed by atoms with van der Waals surface area (Å²) in [5.74, 6) is 0.361. The third kappa shape index (κ3) is 12.9. The van der Waals surface area contributed by atoms with E-state index in [-0.39, 0.29) is 35.1 Å². The van der Waals surface area contributed by atoms with Crippen molar-refractivity contribution in [2.24, 2.45) is 0 Å². The number of rotatable bonds is 20. The molecule has 0 aliphatic carbocycles. The topological polar surface area (TPSA) is 59.3 Å². The Labute approximate surface area is 263 Å². The maximum atomic E-state index is 13.2. The highest BCUT2D eigenvalue weighted by atomic mass is 79.9. The van der Waals surface area contributed by atoms with Gasteiger partial charge in [0.1, 0.15) is 5.75 Å². The molecule has 2 aromatic carbocycles. The highest BCUT2D eigenvalue weighted by Gasteiger charge is 2.17. The lowest BCUT2D eigenvalue weighted by Gasteiger charge is -2.15. The zero-order valence-corrected chi connectivity index (χ0v) is 27.2. The summed E-state index contributed by atoms with van der Waals surface area (Å²) in [4.78, 5) is 25.5. The van der Waals surface area contributed by atoms with Crippen molar-refractivity contribution < 1.29 is 35.9 Å². The molecule has 1 N–H and O–H groups in total. The Morgan fingerprint density at radius 1 is 0.714 bits per heavy atom. The highest BCUT2D eigenvalue weighted by Crippen LogP contribution is 2.26. The fraction of sp³-hybridized carbons (Fsp3) is 0.472. The smallest absolute Gasteiger partial charge is 0.228 e. The SMILES string of the molecule is CCCCCCCCCCCCCCOc1c(CC(=O)Nc2ccccc2C[n+]2ccccc2)cccc1C(C)=O.[Br-]. The molecule has 0 saturated carbocycles. The number of anilines is 1. The number of pyridine rings is 1. The van der Waals surface area contributed by atoms with E-state index in [1.165, 1.54) is 64.2 Å². The molecule has 5 nitrogen and oxygen atoms in total. The van der Waals surface area contributed by atoms with E-state index in [1.807, 2.05) is 67.0 Å². The van der Waals surface area contributed by atoms with Gasteiger partial charge in [-0.1, -0.05) is 114 Å². The molecule has 0 bridgehead atoms. The minimum absolute atomic E-state index is 0. The van der Waals surface area contributed by atoms with Crippen molar-refractivity contribution in [1.29, 1.82) is 0 Å². The molecule has 42 heavy (non-hydrogen) atoms. The minimum Gasteiger partial charge on any atom is -1.00 e. The molecule has 0 atom stereocenters. The van der Waals surface area contributed by atoms with Gasteiger partial charge < -0.3 is 27.0 Å². The second-order valence-corrected chi connectivity index (χ2v) is 11.0. The van der Waals surface area contributed by atoms with Crippen LogP contribution in [0, 0.1) is 0 Å². The fourth-order valence-corrected chi connectivity index (χ4v) is 5.17. The van der Waals surface area contributed by atoms with Crippen LogP contribution in [-0.2, 0) is 17.8 Å². The van der Waals surface area contributed by atoms with Gasteiger partial charge in [-0.2, -0.15) is 0 Å². The number of ether oxygens (including phenoxy) is 1. The zero-order chi connectivity index (χ0) is 29.1. The van der Waals surface area contributed by atoms with Crippen LogP contribution >= 0.6 is 0 Å². The van der Waals surface area contributed by atoms with Gasteiger partial charge in [0.2, 0.25) is 5.91 Å². The molecule has 0 fully saturated rings. The number of nitrogens with one attached hydrogen (secondary N) is 1. The number of unbranched alkanes of at least 4 members (excludes halogenated alkanes) is 11. The van der Waals surface area contributed by atoms with Crippen molar-refractivity contribution in [2.45, 2.75) is 104 Å². The number of hydrogen-bond donors (Lipinski definition) is 1. The Bertz CT molecular complexity index is 1200. The first-order valence-corrected chi connectivity index (χ1v) is 15.7. The first kappa shape index (κ1) is 35.2. The predicted octanol–water partition coefficient (Wildman–Crippen LogP) is 5.49. The number of ketones is 1. The first-order valence-electron chi connectivity index (χ1n) is 15.7. The minimum atomic E-state index is -0.133. The quantitative estimate of drug-likeness (QED) is 0.101. The lowest BCUT2D eigenvalue weighted by molar-refractivity contribution is -0.688. The molecule has 0 saturated heterocycles. The van der Waals surface area contributed by atoms with Crippen LogP contribution in [0.5, 0.6) is 5.75 Å². The molecule has 3 rings (SSSR count). The van der Waals surface area contributed by atoms with Crippen LogP contribution in [0.3, 0.4) is 0 Å². The van der Waals surface area contributed by atoms with Crippen LogP contribution < -0.4 is 31.6 Å². The first-order chi connectivity index (χ1) is 20.1. The van der Waals surface area contributed by atoms with E-state index in [1.54, 1.807) is 13.0 Å². The van der Waals surface area contributed by atoms with Crippen LogP contribution in [-0.4, -0.2) is 18.3 Å². The summed E-state index contributed by atoms with van der Waals surface area (Å²) in [6, 6.07) is 19.3. The number of aromatic nitrogens is 1. The molecule has 0 spiro atoms. The third-order valence-electron chi connectivity index (χ3n) is 7.49. The number of para-hydroxylation sites is 2. The fourth-order valence-electron chi connectivity index (χ4n) is 5.17. The summed E-state index contributed by atoms with van der Waals surface area (Å²) in [6.45, 7) is 5.02. The average molecular weight is 638 g/mol. The van der Waals surface area contributed by atoms with Crippen LogP contribution in [0.15, 0.2) is 73.1 Å². The monoisotopic (exact) mass is 636 g/mol. The molecule has 1 aromatic heterocycles. The number of nitrogens with zero attached hydrogens (tertiary/aromatic N) is 1. The molecule has 0 aliphatic heterocycles. The number of amides is 1. The maximum absolute atomic E-state index is 13.2. The van der Waals surface area contributed by atoms with E-state index in [9.17, 15) is 9.59 Å². The summed E-state index contributed by atoms with van der Waals surface area (Å²) in [5, 5.41) is 3.08. The van der Waals surface area contributed by atoms with E-state index in [4.69, 9.17) is 4.74 Å². The van der Waals surface area contributed by atoms with Crippen LogP contribution in [0.25, 0.3) is 0 Å². The number of Topliss-reactive ketones (excluding diaryl/α,β-unsaturated/α-hetero) is 1. The predicted molar refractivity (Wildman–Crippen MR) is 168 cm³/mol. The van der Waals surface area contributed by atoms with E-state index in [0.29, 0.717) is 24.5 Å². The molecule has 1 amide bonds. The van der Waals surface area contributed by atoms with Crippen LogP contribution in [0.2, 0.25) is 0 Å². The number of carbonyl (C=O) groups is 2. The van der Waals surface area contributed by atoms with Gasteiger partial charge in [-0.25, -0.2) is 4.57 Å². The van der Waals surface area contributed by atoms with Crippen molar-refractivity contribution in [2.75, 3.05) is 11.9 Å². The van der Waals surface area contributed by atoms with Crippen molar-refractivity contribution in [3.8, 4) is 5.75 Å². The average Bonchev–Trinajstić information content (AvgIpc) is 2.97. The van der Waals surface area contributed by atoms with Gasteiger partial charge in [0.05, 0.1) is 24.3 Å². The third-order valence-corrected chi connectivity index (χ3v) is 7.49. The summed E-state index contributed by atoms with van der Waals surface area (Å²) in [7, 11) is 0. The van der Waals surface area contributed by atoms with E-state index < -0.39 is 0 Å². The van der Waals surface area contributed by atoms with Crippen molar-refractivity contribution in [3.05, 3.63) is 89.7 Å². The lowest BCUT2D eigenvalue weighted by Crippen LogP contribution is -3.00. The Balaban J connectivity index is 0.00000616. The molecular weight excluding hydrogens is 588 g/mol. The molecule has 0 radical (unpaired) electrons. The zero-order valence-electron chi connectivity index (χ0n) is 25.6. The van der Waals surface area contributed by atoms with Gasteiger partial charge in [-0.05, 0) is 25.5 Å². The normalized spacial score (nSPS) is 10.6. The Morgan fingerprint density at radius 2 is 1.31 bits per heavy atom. The number of benzene rings is 2. The molecular formula is C36H49BrN2O3. The molecule has 0 aliphatic rings. The second-order valence-electron chi connectivity index (χ2n) is 11.0. The van der Waals surface area contributed by atoms with Crippen molar-refractivity contribution in [3.63, 3.8) is 0 Å². The Kier molecular flexibility index (Phi) is 17.5. The van der Waals surface area contributed by atoms with Gasteiger partial charge >= 0.3 is 0 Å². The standard InChI is InChI=1S/C36H48N2O3.BrH/c1-3-4-5-6-7-8-9-10-11-12-13-19-27-41-36-31(22-20-23-33(36)30(2)39)28-35(40)37-34-24-16-15-21-32(34)29-38-25-17-14-18-26-38;/h14-18,20-26H,3-13,19,27-29H2,1-2H3;1H. The van der Waals surface area contributed by atoms with E-state index in [0.717, 1.165) is 29.7 Å². The van der Waals surface area contributed by atoms with Crippen molar-refractivity contribution in [1.82, 2.24) is 0 Å². The summed E-state index contributed by atoms with van der Waals surface area (Å²) in [6.07, 6.45) is 19.5. The van der Waals surface area contributed by atoms with Crippen LogP contribution in [0.1, 0.15) is 112 Å². The molecule has 3 aromatic rings. The number of carbonyl (C=O) groups excluding carboxylic acids is 2. The molecule has 0 unspecified atom stereocenters. The highest BCUT2D eigenvalue weighted by molar-refractivity contribution is 5.98. The van der Waals surface area contributed by atoms with Gasteiger partial charge in [0, 0.05) is 23.3 Å². The Hall–Kier alpha value is -2.99. The van der Waals surface area contributed by atoms with Gasteiger partial charge in [0.15, 0.2) is 24.7 Å². The number of halogens is 1. The van der Waals surface area contributed by atoms with E-state index in [2.05, 4.69) is 16.8 Å². The van der Waals surface area contributed by atoms with Crippen molar-refractivity contribution >= 4 is 17.4 Å². The summed E-state index contributed by atoms with van der Waals surface area (Å²) in [5.41, 5.74) is 3.09. The Morgan fingerprint density at radius 3 is 1.95 bits per heavy atom. The molecule has 6 heteroatoms. The van der Waals surface area contributed by atoms with Crippen LogP contribution in [0.4, 0.5) is 5.69 Å². The summed E-state index contributed by atoms with van der Waals surface area (Å²) >= 11 is 0. The van der Waals surface area contributed by atoms with Gasteiger partial charge in [-0.3, -0.25) is 9.59 Å². The van der Waals surface area contributed by atoms with Gasteiger partial charge in [-0.15, -0.1) is 0 Å². The van der Waals surface area contributed by atoms with Gasteiger partial charge in [0.25, 0.3) is 0 Å². The maximum Gasteiger partial charge on any atom is 0.228 e. The molecule has 1 heterocycles. The number of hydrogen-bond acceptors (Lipinski definition) is 3. The van der Waals surface area contributed by atoms with E-state index >= 15 is 0 Å². The largest absolute Gasteiger partial charge is 1.00 e.